The molecular formula is C30H29N5O2. The van der Waals surface area contributed by atoms with Gasteiger partial charge in [0.15, 0.2) is 5.82 Å². The van der Waals surface area contributed by atoms with Crippen LogP contribution in [0.3, 0.4) is 0 Å². The Morgan fingerprint density at radius 1 is 0.946 bits per heavy atom. The summed E-state index contributed by atoms with van der Waals surface area (Å²) in [7, 11) is 1.66. The molecule has 1 fully saturated rings. The molecule has 3 aromatic carbocycles. The molecular weight excluding hydrogens is 462 g/mol. The van der Waals surface area contributed by atoms with E-state index in [0.29, 0.717) is 31.1 Å². The molecule has 1 saturated heterocycles. The molecule has 5 rings (SSSR count). The maximum atomic E-state index is 10.4. The second-order valence-electron chi connectivity index (χ2n) is 8.69. The number of morpholine rings is 1. The number of ether oxygens (including phenoxy) is 2. The molecule has 0 spiro atoms. The third-order valence-electron chi connectivity index (χ3n) is 6.40. The van der Waals surface area contributed by atoms with E-state index in [1.807, 2.05) is 72.8 Å². The predicted octanol–water partition coefficient (Wildman–Crippen LogP) is 5.25. The third kappa shape index (κ3) is 5.41. The SMILES string of the molecule is COc1ccc(Cn2c(/N=C/NN3CCOCC3)c(C#N)c(-c3ccccc3)c2-c2ccccc2)cc1. The quantitative estimate of drug-likeness (QED) is 0.269. The number of benzene rings is 3. The van der Waals surface area contributed by atoms with Crippen molar-refractivity contribution < 1.29 is 9.47 Å². The maximum absolute atomic E-state index is 10.4. The van der Waals surface area contributed by atoms with Crippen molar-refractivity contribution in [3.05, 3.63) is 96.1 Å². The number of hydrogen-bond acceptors (Lipinski definition) is 5. The van der Waals surface area contributed by atoms with Gasteiger partial charge in [-0.05, 0) is 28.8 Å². The van der Waals surface area contributed by atoms with Crippen LogP contribution in [-0.2, 0) is 11.3 Å². The zero-order valence-corrected chi connectivity index (χ0v) is 20.8. The van der Waals surface area contributed by atoms with Gasteiger partial charge in [0.2, 0.25) is 0 Å². The summed E-state index contributed by atoms with van der Waals surface area (Å²) in [5.41, 5.74) is 8.71. The van der Waals surface area contributed by atoms with Gasteiger partial charge in [-0.3, -0.25) is 0 Å². The third-order valence-corrected chi connectivity index (χ3v) is 6.40. The summed E-state index contributed by atoms with van der Waals surface area (Å²) < 4.78 is 12.9. The van der Waals surface area contributed by atoms with Crippen molar-refractivity contribution in [2.24, 2.45) is 4.99 Å². The molecule has 0 aliphatic carbocycles. The first-order chi connectivity index (χ1) is 18.3. The highest BCUT2D eigenvalue weighted by Gasteiger charge is 2.25. The summed E-state index contributed by atoms with van der Waals surface area (Å²) >= 11 is 0. The summed E-state index contributed by atoms with van der Waals surface area (Å²) in [5.74, 6) is 1.41. The highest BCUT2D eigenvalue weighted by Crippen LogP contribution is 2.43. The van der Waals surface area contributed by atoms with Crippen LogP contribution in [0.1, 0.15) is 11.1 Å². The first kappa shape index (κ1) is 24.3. The lowest BCUT2D eigenvalue weighted by Crippen LogP contribution is -2.45. The number of nitrogens with zero attached hydrogens (tertiary/aromatic N) is 4. The van der Waals surface area contributed by atoms with Crippen molar-refractivity contribution in [1.82, 2.24) is 15.0 Å². The largest absolute Gasteiger partial charge is 0.497 e. The smallest absolute Gasteiger partial charge is 0.153 e. The molecule has 0 amide bonds. The first-order valence-electron chi connectivity index (χ1n) is 12.3. The van der Waals surface area contributed by atoms with Gasteiger partial charge in [0.25, 0.3) is 0 Å². The Kier molecular flexibility index (Phi) is 7.60. The average Bonchev–Trinajstić information content (AvgIpc) is 3.27. The van der Waals surface area contributed by atoms with E-state index >= 15 is 0 Å². The Bertz CT molecular complexity index is 1380. The molecule has 1 aromatic heterocycles. The molecule has 186 valence electrons. The molecule has 1 aliphatic rings. The van der Waals surface area contributed by atoms with Crippen LogP contribution >= 0.6 is 0 Å². The summed E-state index contributed by atoms with van der Waals surface area (Å²) in [6.45, 7) is 3.44. The van der Waals surface area contributed by atoms with Crippen LogP contribution in [-0.4, -0.2) is 49.3 Å². The molecule has 0 atom stereocenters. The van der Waals surface area contributed by atoms with E-state index in [4.69, 9.17) is 14.5 Å². The Morgan fingerprint density at radius 2 is 1.59 bits per heavy atom. The minimum Gasteiger partial charge on any atom is -0.497 e. The van der Waals surface area contributed by atoms with E-state index in [1.54, 1.807) is 13.4 Å². The van der Waals surface area contributed by atoms with Gasteiger partial charge in [-0.15, -0.1) is 0 Å². The van der Waals surface area contributed by atoms with Crippen LogP contribution in [0, 0.1) is 11.3 Å². The molecule has 0 bridgehead atoms. The van der Waals surface area contributed by atoms with E-state index in [9.17, 15) is 5.26 Å². The van der Waals surface area contributed by atoms with Gasteiger partial charge < -0.3 is 19.5 Å². The summed E-state index contributed by atoms with van der Waals surface area (Å²) in [6, 6.07) is 30.7. The molecule has 2 heterocycles. The van der Waals surface area contributed by atoms with Gasteiger partial charge in [-0.1, -0.05) is 72.8 Å². The van der Waals surface area contributed by atoms with Crippen LogP contribution in [0.4, 0.5) is 5.82 Å². The van der Waals surface area contributed by atoms with Gasteiger partial charge in [0.1, 0.15) is 23.7 Å². The first-order valence-corrected chi connectivity index (χ1v) is 12.3. The molecule has 37 heavy (non-hydrogen) atoms. The van der Waals surface area contributed by atoms with Crippen molar-refractivity contribution in [3.8, 4) is 34.2 Å². The lowest BCUT2D eigenvalue weighted by molar-refractivity contribution is 0.0257. The fourth-order valence-corrected chi connectivity index (χ4v) is 4.56. The lowest BCUT2D eigenvalue weighted by Gasteiger charge is -2.25. The molecule has 7 heteroatoms. The second-order valence-corrected chi connectivity index (χ2v) is 8.69. The van der Waals surface area contributed by atoms with E-state index in [2.05, 4.69) is 33.2 Å². The predicted molar refractivity (Wildman–Crippen MR) is 146 cm³/mol. The summed E-state index contributed by atoms with van der Waals surface area (Å²) in [4.78, 5) is 4.83. The molecule has 0 saturated carbocycles. The Morgan fingerprint density at radius 3 is 2.22 bits per heavy atom. The van der Waals surface area contributed by atoms with Gasteiger partial charge in [-0.25, -0.2) is 10.0 Å². The monoisotopic (exact) mass is 491 g/mol. The topological polar surface area (TPSA) is 74.8 Å². The molecule has 7 nitrogen and oxygen atoms in total. The number of aromatic nitrogens is 1. The summed E-state index contributed by atoms with van der Waals surface area (Å²) in [5, 5.41) is 12.5. The molecule has 0 radical (unpaired) electrons. The number of nitriles is 1. The maximum Gasteiger partial charge on any atom is 0.153 e. The Labute approximate surface area is 217 Å². The van der Waals surface area contributed by atoms with E-state index in [1.165, 1.54) is 0 Å². The molecule has 1 N–H and O–H groups in total. The zero-order valence-electron chi connectivity index (χ0n) is 20.8. The zero-order chi connectivity index (χ0) is 25.5. The van der Waals surface area contributed by atoms with Gasteiger partial charge in [0.05, 0.1) is 26.0 Å². The van der Waals surface area contributed by atoms with Gasteiger partial charge in [-0.2, -0.15) is 5.26 Å². The van der Waals surface area contributed by atoms with E-state index in [0.717, 1.165) is 46.8 Å². The average molecular weight is 492 g/mol. The van der Waals surface area contributed by atoms with Crippen molar-refractivity contribution >= 4 is 12.2 Å². The van der Waals surface area contributed by atoms with Crippen molar-refractivity contribution in [2.75, 3.05) is 33.4 Å². The number of hydrazine groups is 1. The van der Waals surface area contributed by atoms with E-state index in [-0.39, 0.29) is 0 Å². The standard InChI is InChI=1S/C30H29N5O2/c1-36-26-14-12-23(13-15-26)21-35-29(25-10-6-3-7-11-25)28(24-8-4-2-5-9-24)27(20-31)30(35)32-22-33-34-16-18-37-19-17-34/h2-15,22H,16-19,21H2,1H3,(H,32,33). The van der Waals surface area contributed by atoms with Crippen LogP contribution in [0.15, 0.2) is 89.9 Å². The lowest BCUT2D eigenvalue weighted by atomic mass is 9.98. The fourth-order valence-electron chi connectivity index (χ4n) is 4.56. The molecule has 4 aromatic rings. The minimum absolute atomic E-state index is 0.540. The van der Waals surface area contributed by atoms with Crippen molar-refractivity contribution in [3.63, 3.8) is 0 Å². The van der Waals surface area contributed by atoms with Crippen molar-refractivity contribution in [1.29, 1.82) is 5.26 Å². The van der Waals surface area contributed by atoms with Crippen LogP contribution in [0.25, 0.3) is 22.4 Å². The number of nitrogens with one attached hydrogen (secondary N) is 1. The van der Waals surface area contributed by atoms with Gasteiger partial charge in [0, 0.05) is 25.2 Å². The highest BCUT2D eigenvalue weighted by molar-refractivity contribution is 5.91. The van der Waals surface area contributed by atoms with E-state index < -0.39 is 0 Å². The summed E-state index contributed by atoms with van der Waals surface area (Å²) in [6.07, 6.45) is 1.68. The van der Waals surface area contributed by atoms with Crippen LogP contribution < -0.4 is 10.2 Å². The van der Waals surface area contributed by atoms with Crippen LogP contribution in [0.2, 0.25) is 0 Å². The fraction of sp³-hybridized carbons (Fsp3) is 0.200. The Hall–Kier alpha value is -4.38. The van der Waals surface area contributed by atoms with Gasteiger partial charge >= 0.3 is 0 Å². The Balaban J connectivity index is 1.68. The van der Waals surface area contributed by atoms with Crippen LogP contribution in [0.5, 0.6) is 5.75 Å². The highest BCUT2D eigenvalue weighted by atomic mass is 16.5. The number of rotatable bonds is 8. The molecule has 0 unspecified atom stereocenters. The second kappa shape index (κ2) is 11.6. The number of hydrogen-bond donors (Lipinski definition) is 1. The number of aliphatic imine (C=N–C) groups is 1. The van der Waals surface area contributed by atoms with Crippen molar-refractivity contribution in [2.45, 2.75) is 6.54 Å². The molecule has 1 aliphatic heterocycles. The normalized spacial score (nSPS) is 13.9. The number of methoxy groups -OCH3 is 1. The minimum atomic E-state index is 0.540.